The van der Waals surface area contributed by atoms with Crippen LogP contribution in [0.4, 0.5) is 8.78 Å². The molecule has 1 aromatic rings. The van der Waals surface area contributed by atoms with Gasteiger partial charge in [-0.1, -0.05) is 6.92 Å². The van der Waals surface area contributed by atoms with Crippen molar-refractivity contribution in [1.29, 1.82) is 0 Å². The van der Waals surface area contributed by atoms with Crippen LogP contribution in [0.1, 0.15) is 36.4 Å². The first-order valence-corrected chi connectivity index (χ1v) is 4.34. The summed E-state index contributed by atoms with van der Waals surface area (Å²) in [5.74, 6) is -0.901. The smallest absolute Gasteiger partial charge is 0.129 e. The lowest BCUT2D eigenvalue weighted by Crippen LogP contribution is -2.05. The number of rotatable bonds is 0. The Morgan fingerprint density at radius 1 is 1.38 bits per heavy atom. The molecule has 0 aromatic heterocycles. The molecule has 1 aliphatic rings. The largest absolute Gasteiger partial charge is 0.324 e. The second-order valence-corrected chi connectivity index (χ2v) is 3.63. The fourth-order valence-corrected chi connectivity index (χ4v) is 2.06. The molecule has 0 radical (unpaired) electrons. The van der Waals surface area contributed by atoms with Gasteiger partial charge < -0.3 is 5.73 Å². The molecule has 0 saturated heterocycles. The first-order chi connectivity index (χ1) is 6.09. The van der Waals surface area contributed by atoms with E-state index in [1.807, 2.05) is 6.92 Å². The van der Waals surface area contributed by atoms with Crippen molar-refractivity contribution in [1.82, 2.24) is 0 Å². The molecule has 1 nitrogen and oxygen atoms in total. The standard InChI is InChI=1S/C10H11F2N/c1-5-2-9(13)7-3-6(11)4-8(12)10(5)7/h3-5,9H,2,13H2,1H3. The van der Waals surface area contributed by atoms with Crippen LogP contribution in [-0.4, -0.2) is 0 Å². The molecule has 0 spiro atoms. The van der Waals surface area contributed by atoms with E-state index in [0.29, 0.717) is 17.5 Å². The van der Waals surface area contributed by atoms with Crippen LogP contribution in [0.2, 0.25) is 0 Å². The fraction of sp³-hybridized carbons (Fsp3) is 0.400. The van der Waals surface area contributed by atoms with Crippen LogP contribution in [-0.2, 0) is 0 Å². The predicted molar refractivity (Wildman–Crippen MR) is 46.3 cm³/mol. The minimum Gasteiger partial charge on any atom is -0.324 e. The third kappa shape index (κ3) is 1.23. The third-order valence-corrected chi connectivity index (χ3v) is 2.63. The van der Waals surface area contributed by atoms with Gasteiger partial charge in [-0.25, -0.2) is 8.78 Å². The van der Waals surface area contributed by atoms with Crippen LogP contribution in [0, 0.1) is 11.6 Å². The zero-order valence-electron chi connectivity index (χ0n) is 7.35. The minimum absolute atomic E-state index is 0.102. The summed E-state index contributed by atoms with van der Waals surface area (Å²) in [6, 6.07) is 2.05. The molecule has 0 aliphatic heterocycles. The van der Waals surface area contributed by atoms with Gasteiger partial charge in [0.15, 0.2) is 0 Å². The van der Waals surface area contributed by atoms with Crippen LogP contribution in [0.3, 0.4) is 0 Å². The van der Waals surface area contributed by atoms with E-state index >= 15 is 0 Å². The molecule has 2 unspecified atom stereocenters. The summed E-state index contributed by atoms with van der Waals surface area (Å²) in [6.45, 7) is 1.91. The highest BCUT2D eigenvalue weighted by atomic mass is 19.1. The van der Waals surface area contributed by atoms with E-state index in [2.05, 4.69) is 0 Å². The van der Waals surface area contributed by atoms with Gasteiger partial charge in [-0.3, -0.25) is 0 Å². The SMILES string of the molecule is CC1CC(N)c2cc(F)cc(F)c21. The summed E-state index contributed by atoms with van der Waals surface area (Å²) >= 11 is 0. The summed E-state index contributed by atoms with van der Waals surface area (Å²) in [5.41, 5.74) is 6.96. The average molecular weight is 183 g/mol. The van der Waals surface area contributed by atoms with Gasteiger partial charge in [0.2, 0.25) is 0 Å². The van der Waals surface area contributed by atoms with Gasteiger partial charge in [-0.15, -0.1) is 0 Å². The molecular formula is C10H11F2N. The quantitative estimate of drug-likeness (QED) is 0.657. The molecule has 0 amide bonds. The highest BCUT2D eigenvalue weighted by molar-refractivity contribution is 5.38. The Morgan fingerprint density at radius 2 is 2.08 bits per heavy atom. The van der Waals surface area contributed by atoms with Crippen molar-refractivity contribution in [3.05, 3.63) is 34.9 Å². The van der Waals surface area contributed by atoms with E-state index < -0.39 is 11.6 Å². The number of nitrogens with two attached hydrogens (primary N) is 1. The lowest BCUT2D eigenvalue weighted by Gasteiger charge is -2.05. The van der Waals surface area contributed by atoms with Crippen molar-refractivity contribution in [2.45, 2.75) is 25.3 Å². The summed E-state index contributed by atoms with van der Waals surface area (Å²) < 4.78 is 26.1. The van der Waals surface area contributed by atoms with Crippen LogP contribution in [0.15, 0.2) is 12.1 Å². The maximum atomic E-state index is 13.3. The predicted octanol–water partition coefficient (Wildman–Crippen LogP) is 2.47. The molecule has 0 heterocycles. The van der Waals surface area contributed by atoms with Crippen LogP contribution in [0.5, 0.6) is 0 Å². The first kappa shape index (κ1) is 8.63. The topological polar surface area (TPSA) is 26.0 Å². The van der Waals surface area contributed by atoms with Crippen molar-refractivity contribution in [3.63, 3.8) is 0 Å². The second kappa shape index (κ2) is 2.77. The number of fused-ring (bicyclic) bond motifs is 1. The van der Waals surface area contributed by atoms with Gasteiger partial charge in [-0.05, 0) is 29.5 Å². The van der Waals surface area contributed by atoms with Crippen LogP contribution in [0.25, 0.3) is 0 Å². The molecule has 2 rings (SSSR count). The minimum atomic E-state index is -0.541. The van der Waals surface area contributed by atoms with E-state index in [-0.39, 0.29) is 12.0 Å². The molecule has 0 bridgehead atoms. The Bertz CT molecular complexity index is 349. The molecule has 2 atom stereocenters. The number of benzene rings is 1. The van der Waals surface area contributed by atoms with Gasteiger partial charge in [0.05, 0.1) is 0 Å². The van der Waals surface area contributed by atoms with Crippen molar-refractivity contribution in [3.8, 4) is 0 Å². The van der Waals surface area contributed by atoms with E-state index in [9.17, 15) is 8.78 Å². The van der Waals surface area contributed by atoms with E-state index in [4.69, 9.17) is 5.73 Å². The maximum absolute atomic E-state index is 13.3. The fourth-order valence-electron chi connectivity index (χ4n) is 2.06. The van der Waals surface area contributed by atoms with Crippen molar-refractivity contribution in [2.75, 3.05) is 0 Å². The number of hydrogen-bond acceptors (Lipinski definition) is 1. The Hall–Kier alpha value is -0.960. The Labute approximate surface area is 75.6 Å². The Morgan fingerprint density at radius 3 is 2.77 bits per heavy atom. The zero-order valence-corrected chi connectivity index (χ0v) is 7.35. The molecule has 13 heavy (non-hydrogen) atoms. The molecule has 0 fully saturated rings. The Balaban J connectivity index is 2.63. The van der Waals surface area contributed by atoms with E-state index in [1.54, 1.807) is 0 Å². The maximum Gasteiger partial charge on any atom is 0.129 e. The van der Waals surface area contributed by atoms with Crippen LogP contribution < -0.4 is 5.73 Å². The molecule has 2 N–H and O–H groups in total. The van der Waals surface area contributed by atoms with Crippen molar-refractivity contribution in [2.24, 2.45) is 5.73 Å². The lowest BCUT2D eigenvalue weighted by atomic mass is 10.0. The highest BCUT2D eigenvalue weighted by Gasteiger charge is 2.29. The zero-order chi connectivity index (χ0) is 9.59. The van der Waals surface area contributed by atoms with Gasteiger partial charge in [0, 0.05) is 12.1 Å². The van der Waals surface area contributed by atoms with Gasteiger partial charge in [0.25, 0.3) is 0 Å². The van der Waals surface area contributed by atoms with Gasteiger partial charge >= 0.3 is 0 Å². The normalized spacial score (nSPS) is 26.2. The van der Waals surface area contributed by atoms with Crippen molar-refractivity contribution >= 4 is 0 Å². The Kier molecular flexibility index (Phi) is 1.84. The molecule has 0 saturated carbocycles. The van der Waals surface area contributed by atoms with E-state index in [0.717, 1.165) is 6.07 Å². The monoisotopic (exact) mass is 183 g/mol. The summed E-state index contributed by atoms with van der Waals surface area (Å²) in [5, 5.41) is 0. The molecule has 70 valence electrons. The summed E-state index contributed by atoms with van der Waals surface area (Å²) in [4.78, 5) is 0. The average Bonchev–Trinajstić information content (AvgIpc) is 2.27. The first-order valence-electron chi connectivity index (χ1n) is 4.34. The molecular weight excluding hydrogens is 172 g/mol. The number of hydrogen-bond donors (Lipinski definition) is 1. The van der Waals surface area contributed by atoms with Gasteiger partial charge in [0.1, 0.15) is 11.6 Å². The molecule has 1 aromatic carbocycles. The second-order valence-electron chi connectivity index (χ2n) is 3.63. The number of halogens is 2. The lowest BCUT2D eigenvalue weighted by molar-refractivity contribution is 0.565. The third-order valence-electron chi connectivity index (χ3n) is 2.63. The van der Waals surface area contributed by atoms with E-state index in [1.165, 1.54) is 6.07 Å². The van der Waals surface area contributed by atoms with Crippen molar-refractivity contribution < 1.29 is 8.78 Å². The van der Waals surface area contributed by atoms with Gasteiger partial charge in [-0.2, -0.15) is 0 Å². The molecule has 1 aliphatic carbocycles. The summed E-state index contributed by atoms with van der Waals surface area (Å²) in [7, 11) is 0. The highest BCUT2D eigenvalue weighted by Crippen LogP contribution is 2.40. The molecule has 3 heteroatoms. The summed E-state index contributed by atoms with van der Waals surface area (Å²) in [6.07, 6.45) is 0.704. The van der Waals surface area contributed by atoms with Crippen LogP contribution >= 0.6 is 0 Å².